The first-order chi connectivity index (χ1) is 7.00. The molecule has 0 N–H and O–H groups in total. The van der Waals surface area contributed by atoms with Gasteiger partial charge in [0.1, 0.15) is 0 Å². The highest BCUT2D eigenvalue weighted by Gasteiger charge is 2.66. The molecule has 3 fully saturated rings. The molecule has 0 aromatic heterocycles. The largest absolute Gasteiger partial charge is 0.0622 e. The lowest BCUT2D eigenvalue weighted by Crippen LogP contribution is -2.46. The Hall–Kier alpha value is 0. The van der Waals surface area contributed by atoms with Crippen LogP contribution in [0.15, 0.2) is 0 Å². The van der Waals surface area contributed by atoms with Crippen molar-refractivity contribution < 1.29 is 0 Å². The Kier molecular flexibility index (Phi) is 1.91. The summed E-state index contributed by atoms with van der Waals surface area (Å²) >= 11 is 0. The van der Waals surface area contributed by atoms with E-state index in [4.69, 9.17) is 0 Å². The van der Waals surface area contributed by atoms with Crippen LogP contribution >= 0.6 is 0 Å². The van der Waals surface area contributed by atoms with Crippen LogP contribution in [0.3, 0.4) is 0 Å². The maximum absolute atomic E-state index is 2.59. The standard InChI is InChI=1S/C15H26/c1-10-7-8-15-11(2)5-6-12(9-13(10)15)14(15,3)4/h10-13H,5-9H2,1-4H3/t10-,11-,12+,13+,15-/m1/s1. The molecule has 3 rings (SSSR count). The molecular weight excluding hydrogens is 180 g/mol. The molecule has 0 amide bonds. The van der Waals surface area contributed by atoms with Crippen LogP contribution in [0.5, 0.6) is 0 Å². The van der Waals surface area contributed by atoms with Gasteiger partial charge in [-0.25, -0.2) is 0 Å². The molecule has 15 heavy (non-hydrogen) atoms. The molecule has 0 aromatic carbocycles. The molecule has 0 aliphatic heterocycles. The first-order valence-corrected chi connectivity index (χ1v) is 7.00. The first-order valence-electron chi connectivity index (χ1n) is 7.00. The summed E-state index contributed by atoms with van der Waals surface area (Å²) in [5, 5.41) is 0. The van der Waals surface area contributed by atoms with Crippen molar-refractivity contribution >= 4 is 0 Å². The van der Waals surface area contributed by atoms with E-state index in [1.807, 2.05) is 0 Å². The van der Waals surface area contributed by atoms with Crippen molar-refractivity contribution in [3.63, 3.8) is 0 Å². The molecule has 0 nitrogen and oxygen atoms in total. The summed E-state index contributed by atoms with van der Waals surface area (Å²) in [4.78, 5) is 0. The molecule has 3 aliphatic carbocycles. The lowest BCUT2D eigenvalue weighted by molar-refractivity contribution is -0.0406. The van der Waals surface area contributed by atoms with Crippen molar-refractivity contribution in [2.24, 2.45) is 34.5 Å². The molecular formula is C15H26. The van der Waals surface area contributed by atoms with Gasteiger partial charge in [0.15, 0.2) is 0 Å². The molecule has 3 aliphatic rings. The normalized spacial score (nSPS) is 56.8. The van der Waals surface area contributed by atoms with Crippen molar-refractivity contribution in [2.75, 3.05) is 0 Å². The summed E-state index contributed by atoms with van der Waals surface area (Å²) in [7, 11) is 0. The van der Waals surface area contributed by atoms with Crippen molar-refractivity contribution in [3.8, 4) is 0 Å². The van der Waals surface area contributed by atoms with E-state index in [9.17, 15) is 0 Å². The maximum atomic E-state index is 2.59. The van der Waals surface area contributed by atoms with Gasteiger partial charge in [-0.3, -0.25) is 0 Å². The van der Waals surface area contributed by atoms with Crippen LogP contribution in [0, 0.1) is 34.5 Å². The van der Waals surface area contributed by atoms with Gasteiger partial charge in [0.2, 0.25) is 0 Å². The Labute approximate surface area is 94.8 Å². The second kappa shape index (κ2) is 2.81. The minimum Gasteiger partial charge on any atom is -0.0622 e. The Balaban J connectivity index is 2.10. The molecule has 3 saturated carbocycles. The fourth-order valence-electron chi connectivity index (χ4n) is 6.02. The lowest BCUT2D eigenvalue weighted by atomic mass is 9.52. The molecule has 0 radical (unpaired) electrons. The SMILES string of the molecule is C[C@@H]1CC[C@@]23[C@H](C)CC[C@@H](C[C@@H]12)C3(C)C. The molecule has 0 heteroatoms. The average molecular weight is 206 g/mol. The minimum absolute atomic E-state index is 0.639. The molecule has 0 aromatic rings. The quantitative estimate of drug-likeness (QED) is 0.547. The predicted octanol–water partition coefficient (Wildman–Crippen LogP) is 4.49. The smallest absolute Gasteiger partial charge is 0.0187 e. The van der Waals surface area contributed by atoms with Crippen LogP contribution in [0.25, 0.3) is 0 Å². The summed E-state index contributed by atoms with van der Waals surface area (Å²) in [5.41, 5.74) is 1.37. The molecule has 2 bridgehead atoms. The van der Waals surface area contributed by atoms with Crippen LogP contribution in [0.4, 0.5) is 0 Å². The molecule has 0 heterocycles. The van der Waals surface area contributed by atoms with Gasteiger partial charge >= 0.3 is 0 Å². The van der Waals surface area contributed by atoms with Crippen LogP contribution < -0.4 is 0 Å². The van der Waals surface area contributed by atoms with Gasteiger partial charge in [0, 0.05) is 0 Å². The zero-order valence-electron chi connectivity index (χ0n) is 10.8. The topological polar surface area (TPSA) is 0 Å². The first kappa shape index (κ1) is 10.2. The third-order valence-electron chi connectivity index (χ3n) is 6.95. The fourth-order valence-corrected chi connectivity index (χ4v) is 6.02. The number of rotatable bonds is 0. The van der Waals surface area contributed by atoms with E-state index < -0.39 is 0 Å². The summed E-state index contributed by atoms with van der Waals surface area (Å²) in [6, 6.07) is 0. The highest BCUT2D eigenvalue weighted by molar-refractivity contribution is 5.15. The third kappa shape index (κ3) is 0.953. The van der Waals surface area contributed by atoms with E-state index in [-0.39, 0.29) is 0 Å². The van der Waals surface area contributed by atoms with E-state index >= 15 is 0 Å². The highest BCUT2D eigenvalue weighted by Crippen LogP contribution is 2.74. The van der Waals surface area contributed by atoms with Crippen molar-refractivity contribution in [2.45, 2.75) is 59.8 Å². The summed E-state index contributed by atoms with van der Waals surface area (Å²) in [5.74, 6) is 4.10. The van der Waals surface area contributed by atoms with Crippen LogP contribution in [0.2, 0.25) is 0 Å². The van der Waals surface area contributed by atoms with Crippen LogP contribution in [-0.4, -0.2) is 0 Å². The van der Waals surface area contributed by atoms with Gasteiger partial charge in [-0.2, -0.15) is 0 Å². The van der Waals surface area contributed by atoms with Crippen molar-refractivity contribution in [1.82, 2.24) is 0 Å². The summed E-state index contributed by atoms with van der Waals surface area (Å²) in [6.07, 6.45) is 7.61. The highest BCUT2D eigenvalue weighted by atomic mass is 14.7. The van der Waals surface area contributed by atoms with Crippen molar-refractivity contribution in [1.29, 1.82) is 0 Å². The zero-order chi connectivity index (χ0) is 10.8. The molecule has 0 saturated heterocycles. The Morgan fingerprint density at radius 1 is 1.00 bits per heavy atom. The predicted molar refractivity (Wildman–Crippen MR) is 64.6 cm³/mol. The number of hydrogen-bond acceptors (Lipinski definition) is 0. The maximum Gasteiger partial charge on any atom is -0.0187 e. The van der Waals surface area contributed by atoms with E-state index in [2.05, 4.69) is 27.7 Å². The molecule has 86 valence electrons. The fraction of sp³-hybridized carbons (Fsp3) is 1.00. The number of fused-ring (bicyclic) bond motifs is 1. The van der Waals surface area contributed by atoms with Crippen LogP contribution in [-0.2, 0) is 0 Å². The third-order valence-corrected chi connectivity index (χ3v) is 6.95. The van der Waals surface area contributed by atoms with Gasteiger partial charge in [-0.15, -0.1) is 0 Å². The van der Waals surface area contributed by atoms with Crippen molar-refractivity contribution in [3.05, 3.63) is 0 Å². The molecule has 5 atom stereocenters. The number of hydrogen-bond donors (Lipinski definition) is 0. The van der Waals surface area contributed by atoms with Gasteiger partial charge in [-0.05, 0) is 66.6 Å². The lowest BCUT2D eigenvalue weighted by Gasteiger charge is -2.52. The Morgan fingerprint density at radius 2 is 1.73 bits per heavy atom. The molecule has 0 unspecified atom stereocenters. The average Bonchev–Trinajstić information content (AvgIpc) is 2.53. The van der Waals surface area contributed by atoms with Gasteiger partial charge < -0.3 is 0 Å². The monoisotopic (exact) mass is 206 g/mol. The van der Waals surface area contributed by atoms with Gasteiger partial charge in [0.25, 0.3) is 0 Å². The van der Waals surface area contributed by atoms with E-state index in [0.29, 0.717) is 5.41 Å². The second-order valence-corrected chi connectivity index (χ2v) is 7.30. The van der Waals surface area contributed by atoms with Gasteiger partial charge in [0.05, 0.1) is 0 Å². The molecule has 1 spiro atoms. The zero-order valence-corrected chi connectivity index (χ0v) is 10.8. The summed E-state index contributed by atoms with van der Waals surface area (Å²) in [6.45, 7) is 10.2. The Bertz CT molecular complexity index is 278. The van der Waals surface area contributed by atoms with Gasteiger partial charge in [-0.1, -0.05) is 27.7 Å². The second-order valence-electron chi connectivity index (χ2n) is 7.30. The summed E-state index contributed by atoms with van der Waals surface area (Å²) < 4.78 is 0. The minimum atomic E-state index is 0.639. The Morgan fingerprint density at radius 3 is 2.47 bits per heavy atom. The van der Waals surface area contributed by atoms with E-state index in [1.54, 1.807) is 6.42 Å². The van der Waals surface area contributed by atoms with Crippen LogP contribution in [0.1, 0.15) is 59.8 Å². The van der Waals surface area contributed by atoms with E-state index in [0.717, 1.165) is 29.1 Å². The van der Waals surface area contributed by atoms with E-state index in [1.165, 1.54) is 25.7 Å².